The highest BCUT2D eigenvalue weighted by molar-refractivity contribution is 7.19. The van der Waals surface area contributed by atoms with Gasteiger partial charge in [0.25, 0.3) is 11.1 Å². The second-order valence-electron chi connectivity index (χ2n) is 11.8. The molecule has 0 fully saturated rings. The number of carbonyl (C=O) groups is 2. The van der Waals surface area contributed by atoms with Gasteiger partial charge >= 0.3 is 12.6 Å². The molecule has 0 saturated carbocycles. The van der Waals surface area contributed by atoms with Crippen molar-refractivity contribution in [3.05, 3.63) is 130 Å². The van der Waals surface area contributed by atoms with Crippen LogP contribution in [0.4, 0.5) is 45.1 Å². The Hall–Kier alpha value is -5.85. The molecule has 1 amide bonds. The van der Waals surface area contributed by atoms with Crippen LogP contribution in [0.25, 0.3) is 20.9 Å². The van der Waals surface area contributed by atoms with Crippen LogP contribution in [0.2, 0.25) is 0 Å². The maximum Gasteiger partial charge on any atom is 0.586 e. The molecule has 0 saturated heterocycles. The molecule has 6 aromatic rings. The Balaban J connectivity index is 0.000000161. The quantitative estimate of drug-likeness (QED) is 0.131. The van der Waals surface area contributed by atoms with Gasteiger partial charge < -0.3 is 30.0 Å². The lowest BCUT2D eigenvalue weighted by molar-refractivity contribution is -0.287. The van der Waals surface area contributed by atoms with Crippen LogP contribution in [0.1, 0.15) is 31.8 Å². The number of ether oxygens (including phenoxy) is 4. The molecule has 0 radical (unpaired) electrons. The number of nitrogens with one attached hydrogen (secondary N) is 1. The Morgan fingerprint density at radius 3 is 1.42 bits per heavy atom. The van der Waals surface area contributed by atoms with E-state index in [1.165, 1.54) is 23.5 Å². The lowest BCUT2D eigenvalue weighted by Crippen LogP contribution is -2.25. The number of halogens is 9. The maximum atomic E-state index is 13.7. The smallest absolute Gasteiger partial charge is 0.395 e. The summed E-state index contributed by atoms with van der Waals surface area (Å²) < 4.78 is 123. The number of thiophene rings is 2. The van der Waals surface area contributed by atoms with Gasteiger partial charge in [-0.15, -0.1) is 40.2 Å². The first-order valence-electron chi connectivity index (χ1n) is 16.0. The number of fused-ring (bicyclic) bond motifs is 2. The van der Waals surface area contributed by atoms with Gasteiger partial charge in [-0.25, -0.2) is 17.6 Å². The minimum absolute atomic E-state index is 0.0487. The number of nitrogens with two attached hydrogens (primary N) is 1. The van der Waals surface area contributed by atoms with Gasteiger partial charge in [-0.1, -0.05) is 12.1 Å². The first kappa shape index (κ1) is 40.8. The number of nitrogen functional groups attached to an aromatic ring is 1. The summed E-state index contributed by atoms with van der Waals surface area (Å²) in [5.74, 6) is -4.80. The maximum absolute atomic E-state index is 13.7. The van der Waals surface area contributed by atoms with Gasteiger partial charge in [-0.05, 0) is 120 Å². The monoisotopic (exact) mass is 854 g/mol. The summed E-state index contributed by atoms with van der Waals surface area (Å²) in [6, 6.07) is 19.0. The van der Waals surface area contributed by atoms with Crippen LogP contribution in [-0.2, 0) is 0 Å². The average molecular weight is 855 g/mol. The number of benzene rings is 4. The molecular weight excluding hydrogens is 832 g/mol. The van der Waals surface area contributed by atoms with E-state index in [0.717, 1.165) is 63.7 Å². The molecule has 8 nitrogen and oxygen atoms in total. The molecule has 2 aliphatic rings. The molecular formula is C38H23ClF8N2O6S2. The van der Waals surface area contributed by atoms with Gasteiger partial charge in [0.2, 0.25) is 0 Å². The molecule has 0 atom stereocenters. The topological polar surface area (TPSA) is 109 Å². The van der Waals surface area contributed by atoms with Gasteiger partial charge in [0.05, 0.1) is 10.0 Å². The van der Waals surface area contributed by atoms with Gasteiger partial charge in [-0.2, -0.15) is 0 Å². The predicted octanol–water partition coefficient (Wildman–Crippen LogP) is 11.5. The predicted molar refractivity (Wildman–Crippen MR) is 197 cm³/mol. The Morgan fingerprint density at radius 2 is 1.02 bits per heavy atom. The van der Waals surface area contributed by atoms with Crippen molar-refractivity contribution >= 4 is 55.4 Å². The molecule has 0 spiro atoms. The van der Waals surface area contributed by atoms with Crippen molar-refractivity contribution in [3.63, 3.8) is 0 Å². The minimum atomic E-state index is -3.72. The van der Waals surface area contributed by atoms with Gasteiger partial charge in [0.15, 0.2) is 23.0 Å². The molecule has 8 rings (SSSR count). The van der Waals surface area contributed by atoms with E-state index in [0.29, 0.717) is 26.0 Å². The summed E-state index contributed by atoms with van der Waals surface area (Å²) in [6.45, 7) is 3.54. The number of hydrogen-bond acceptors (Lipinski definition) is 9. The second-order valence-corrected chi connectivity index (χ2v) is 14.4. The van der Waals surface area contributed by atoms with Crippen LogP contribution >= 0.6 is 34.3 Å². The Bertz CT molecular complexity index is 2490. The Labute approximate surface area is 329 Å². The number of alkyl halides is 4. The van der Waals surface area contributed by atoms with E-state index in [9.17, 15) is 44.7 Å². The number of aryl methyl sites for hydroxylation is 2. The molecule has 296 valence electrons. The molecule has 4 heterocycles. The fourth-order valence-corrected chi connectivity index (χ4v) is 7.37. The molecule has 2 aromatic heterocycles. The Kier molecular flexibility index (Phi) is 11.4. The first-order chi connectivity index (χ1) is 26.8. The van der Waals surface area contributed by atoms with Gasteiger partial charge in [-0.3, -0.25) is 9.59 Å². The molecule has 0 unspecified atom stereocenters. The van der Waals surface area contributed by atoms with Crippen molar-refractivity contribution in [2.24, 2.45) is 0 Å². The summed E-state index contributed by atoms with van der Waals surface area (Å²) in [4.78, 5) is 24.1. The Morgan fingerprint density at radius 1 is 0.614 bits per heavy atom. The van der Waals surface area contributed by atoms with E-state index in [1.807, 2.05) is 13.0 Å². The third-order valence-electron chi connectivity index (χ3n) is 7.85. The second kappa shape index (κ2) is 16.0. The third kappa shape index (κ3) is 9.24. The first-order valence-corrected chi connectivity index (χ1v) is 18.0. The van der Waals surface area contributed by atoms with E-state index < -0.39 is 58.1 Å². The molecule has 19 heteroatoms. The van der Waals surface area contributed by atoms with E-state index in [-0.39, 0.29) is 23.0 Å². The van der Waals surface area contributed by atoms with Crippen molar-refractivity contribution < 1.29 is 63.7 Å². The zero-order chi connectivity index (χ0) is 41.4. The summed E-state index contributed by atoms with van der Waals surface area (Å²) in [5, 5.41) is 2.33. The van der Waals surface area contributed by atoms with Crippen LogP contribution < -0.4 is 30.0 Å². The highest BCUT2D eigenvalue weighted by Gasteiger charge is 2.44. The van der Waals surface area contributed by atoms with Crippen LogP contribution in [0.5, 0.6) is 23.0 Å². The lowest BCUT2D eigenvalue weighted by atomic mass is 10.1. The fraction of sp³-hybridized carbons (Fsp3) is 0.105. The zero-order valence-corrected chi connectivity index (χ0v) is 31.2. The molecule has 4 aromatic carbocycles. The van der Waals surface area contributed by atoms with Crippen LogP contribution in [-0.4, -0.2) is 23.7 Å². The SMILES string of the molecule is Cc1cc2c(cc1-c1ccc(N)s1)OC(F)(F)O2.Cc1cc2c(cc1-c1ccc(NC(=O)c3c(F)cccc3F)s1)OC(F)(F)O2.O=C(Cl)c1c(F)cccc1F. The van der Waals surface area contributed by atoms with E-state index in [1.54, 1.807) is 37.3 Å². The van der Waals surface area contributed by atoms with Crippen LogP contribution in [0.3, 0.4) is 0 Å². The number of rotatable bonds is 5. The molecule has 0 bridgehead atoms. The number of hydrogen-bond donors (Lipinski definition) is 2. The number of anilines is 2. The zero-order valence-electron chi connectivity index (χ0n) is 28.8. The van der Waals surface area contributed by atoms with E-state index >= 15 is 0 Å². The number of amides is 1. The summed E-state index contributed by atoms with van der Waals surface area (Å²) >= 11 is 7.41. The lowest BCUT2D eigenvalue weighted by Gasteiger charge is -2.06. The van der Waals surface area contributed by atoms with Gasteiger partial charge in [0, 0.05) is 9.75 Å². The van der Waals surface area contributed by atoms with E-state index in [4.69, 9.17) is 17.3 Å². The highest BCUT2D eigenvalue weighted by Crippen LogP contribution is 2.47. The van der Waals surface area contributed by atoms with Crippen LogP contribution in [0, 0.1) is 37.1 Å². The average Bonchev–Trinajstić information content (AvgIpc) is 3.88. The molecule has 2 aliphatic heterocycles. The number of carbonyl (C=O) groups excluding carboxylic acids is 2. The largest absolute Gasteiger partial charge is 0.586 e. The highest BCUT2D eigenvalue weighted by atomic mass is 35.5. The van der Waals surface area contributed by atoms with Gasteiger partial charge in [0.1, 0.15) is 34.4 Å². The van der Waals surface area contributed by atoms with Crippen LogP contribution in [0.15, 0.2) is 84.9 Å². The normalized spacial score (nSPS) is 13.9. The summed E-state index contributed by atoms with van der Waals surface area (Å²) in [5.41, 5.74) is 7.18. The van der Waals surface area contributed by atoms with Crippen molar-refractivity contribution in [2.75, 3.05) is 11.1 Å². The summed E-state index contributed by atoms with van der Waals surface area (Å²) in [7, 11) is 0. The van der Waals surface area contributed by atoms with Crippen molar-refractivity contribution in [1.29, 1.82) is 0 Å². The standard InChI is InChI=1S/C19H11F4NO3S.C12H9F2NO2S.C7H3ClF2O/c1-9-7-13-14(27-19(22,23)26-13)8-10(9)15-5-6-16(28-15)24-18(25)17-11(20)3-2-4-12(17)21;1-6-4-8-9(17-12(13,14)16-8)5-7(6)10-2-3-11(15)18-10;8-7(11)6-4(9)2-1-3-5(6)10/h2-8H,1H3,(H,24,25);2-5H,15H2,1H3;1-3H. The van der Waals surface area contributed by atoms with Crippen molar-refractivity contribution in [2.45, 2.75) is 26.4 Å². The van der Waals surface area contributed by atoms with Crippen molar-refractivity contribution in [3.8, 4) is 43.9 Å². The molecule has 57 heavy (non-hydrogen) atoms. The molecule has 3 N–H and O–H groups in total. The van der Waals surface area contributed by atoms with Crippen molar-refractivity contribution in [1.82, 2.24) is 0 Å². The third-order valence-corrected chi connectivity index (χ3v) is 10.0. The fourth-order valence-electron chi connectivity index (χ4n) is 5.35. The molecule has 0 aliphatic carbocycles. The van der Waals surface area contributed by atoms with E-state index in [2.05, 4.69) is 24.3 Å². The minimum Gasteiger partial charge on any atom is -0.395 e. The summed E-state index contributed by atoms with van der Waals surface area (Å²) in [6.07, 6.45) is -7.30.